The fourth-order valence-corrected chi connectivity index (χ4v) is 1.74. The number of nitrogens with zero attached hydrogens (tertiary/aromatic N) is 2. The quantitative estimate of drug-likeness (QED) is 0.775. The average Bonchev–Trinajstić information content (AvgIpc) is 2.36. The molecule has 0 radical (unpaired) electrons. The van der Waals surface area contributed by atoms with Crippen molar-refractivity contribution in [2.75, 3.05) is 25.0 Å². The normalized spacial score (nSPS) is 11.6. The van der Waals surface area contributed by atoms with Gasteiger partial charge in [0.15, 0.2) is 0 Å². The minimum absolute atomic E-state index is 0.0473. The van der Waals surface area contributed by atoms with Crippen molar-refractivity contribution in [3.05, 3.63) is 24.0 Å². The summed E-state index contributed by atoms with van der Waals surface area (Å²) < 4.78 is 36.7. The Balaban J connectivity index is 2.64. The van der Waals surface area contributed by atoms with Gasteiger partial charge in [-0.15, -0.1) is 0 Å². The third-order valence-electron chi connectivity index (χ3n) is 2.76. The van der Waals surface area contributed by atoms with E-state index in [2.05, 4.69) is 17.2 Å². The lowest BCUT2D eigenvalue weighted by atomic mass is 10.2. The van der Waals surface area contributed by atoms with Crippen LogP contribution in [0.25, 0.3) is 0 Å². The summed E-state index contributed by atoms with van der Waals surface area (Å²) in [6.07, 6.45) is -0.625. The van der Waals surface area contributed by atoms with E-state index in [9.17, 15) is 13.2 Å². The van der Waals surface area contributed by atoms with Crippen LogP contribution < -0.4 is 10.2 Å². The Labute approximate surface area is 111 Å². The molecule has 1 N–H and O–H groups in total. The minimum atomic E-state index is -4.12. The van der Waals surface area contributed by atoms with Crippen molar-refractivity contribution >= 4 is 5.69 Å². The number of aromatic nitrogens is 1. The van der Waals surface area contributed by atoms with Crippen LogP contribution in [0.15, 0.2) is 18.5 Å². The van der Waals surface area contributed by atoms with E-state index < -0.39 is 12.6 Å². The van der Waals surface area contributed by atoms with Crippen molar-refractivity contribution < 1.29 is 13.2 Å². The Hall–Kier alpha value is -1.30. The molecule has 0 bridgehead atoms. The highest BCUT2D eigenvalue weighted by Crippen LogP contribution is 2.23. The first-order chi connectivity index (χ1) is 8.94. The van der Waals surface area contributed by atoms with Crippen LogP contribution in [0.2, 0.25) is 0 Å². The van der Waals surface area contributed by atoms with E-state index in [0.717, 1.165) is 24.2 Å². The van der Waals surface area contributed by atoms with Crippen LogP contribution in [0, 0.1) is 0 Å². The second-order valence-electron chi connectivity index (χ2n) is 4.47. The van der Waals surface area contributed by atoms with E-state index in [1.807, 2.05) is 0 Å². The predicted octanol–water partition coefficient (Wildman–Crippen LogP) is 2.97. The zero-order chi connectivity index (χ0) is 14.3. The summed E-state index contributed by atoms with van der Waals surface area (Å²) in [5.41, 5.74) is 1.71. The number of hydrogen-bond acceptors (Lipinski definition) is 3. The van der Waals surface area contributed by atoms with E-state index >= 15 is 0 Å². The third-order valence-corrected chi connectivity index (χ3v) is 2.76. The zero-order valence-electron chi connectivity index (χ0n) is 11.3. The molecule has 6 heteroatoms. The maximum absolute atomic E-state index is 12.2. The Bertz CT molecular complexity index is 380. The van der Waals surface area contributed by atoms with Gasteiger partial charge >= 0.3 is 6.18 Å². The number of hydrogen-bond donors (Lipinski definition) is 1. The molecule has 0 saturated carbocycles. The fraction of sp³-hybridized carbons (Fsp3) is 0.615. The SMILES string of the molecule is CCCNCc1cnccc1N(C)CCC(F)(F)F. The number of halogens is 3. The van der Waals surface area contributed by atoms with E-state index in [0.29, 0.717) is 6.54 Å². The van der Waals surface area contributed by atoms with Crippen LogP contribution in [-0.4, -0.2) is 31.3 Å². The maximum atomic E-state index is 12.2. The molecule has 0 spiro atoms. The predicted molar refractivity (Wildman–Crippen MR) is 70.2 cm³/mol. The van der Waals surface area contributed by atoms with Crippen molar-refractivity contribution in [3.63, 3.8) is 0 Å². The largest absolute Gasteiger partial charge is 0.390 e. The van der Waals surface area contributed by atoms with Gasteiger partial charge in [-0.05, 0) is 19.0 Å². The molecule has 1 aromatic heterocycles. The van der Waals surface area contributed by atoms with E-state index in [1.54, 1.807) is 30.4 Å². The summed E-state index contributed by atoms with van der Waals surface area (Å²) in [4.78, 5) is 5.65. The highest BCUT2D eigenvalue weighted by molar-refractivity contribution is 5.51. The molecule has 0 atom stereocenters. The smallest absolute Gasteiger partial charge is 0.374 e. The molecule has 3 nitrogen and oxygen atoms in total. The summed E-state index contributed by atoms with van der Waals surface area (Å²) in [6, 6.07) is 1.75. The summed E-state index contributed by atoms with van der Waals surface area (Å²) in [6.45, 7) is 3.51. The van der Waals surface area contributed by atoms with Crippen molar-refractivity contribution in [2.24, 2.45) is 0 Å². The molecule has 108 valence electrons. The third kappa shape index (κ3) is 5.92. The molecule has 0 aliphatic rings. The lowest BCUT2D eigenvalue weighted by Crippen LogP contribution is -2.26. The maximum Gasteiger partial charge on any atom is 0.390 e. The van der Waals surface area contributed by atoms with Gasteiger partial charge in [0.2, 0.25) is 0 Å². The molecule has 0 aliphatic heterocycles. The molecular weight excluding hydrogens is 255 g/mol. The molecule has 0 aliphatic carbocycles. The number of pyridine rings is 1. The standard InChI is InChI=1S/C13H20F3N3/c1-3-6-17-9-11-10-18-7-4-12(11)19(2)8-5-13(14,15)16/h4,7,10,17H,3,5-6,8-9H2,1-2H3. The molecule has 0 aromatic carbocycles. The number of rotatable bonds is 7. The summed E-state index contributed by atoms with van der Waals surface area (Å²) in [7, 11) is 1.67. The molecule has 0 amide bonds. The van der Waals surface area contributed by atoms with Crippen LogP contribution >= 0.6 is 0 Å². The minimum Gasteiger partial charge on any atom is -0.374 e. The summed E-state index contributed by atoms with van der Waals surface area (Å²) >= 11 is 0. The van der Waals surface area contributed by atoms with Crippen molar-refractivity contribution in [1.82, 2.24) is 10.3 Å². The highest BCUT2D eigenvalue weighted by atomic mass is 19.4. The second kappa shape index (κ2) is 7.33. The Morgan fingerprint density at radius 1 is 1.37 bits per heavy atom. The van der Waals surface area contributed by atoms with Gasteiger partial charge in [0.25, 0.3) is 0 Å². The number of alkyl halides is 3. The average molecular weight is 275 g/mol. The molecular formula is C13H20F3N3. The van der Waals surface area contributed by atoms with Crippen LogP contribution in [0.3, 0.4) is 0 Å². The fourth-order valence-electron chi connectivity index (χ4n) is 1.74. The van der Waals surface area contributed by atoms with Gasteiger partial charge in [0, 0.05) is 43.8 Å². The molecule has 0 unspecified atom stereocenters. The Morgan fingerprint density at radius 3 is 2.74 bits per heavy atom. The molecule has 1 rings (SSSR count). The van der Waals surface area contributed by atoms with Gasteiger partial charge in [-0.2, -0.15) is 13.2 Å². The van der Waals surface area contributed by atoms with Gasteiger partial charge in [0.1, 0.15) is 0 Å². The van der Waals surface area contributed by atoms with E-state index in [-0.39, 0.29) is 6.54 Å². The molecule has 0 saturated heterocycles. The Kier molecular flexibility index (Phi) is 6.08. The van der Waals surface area contributed by atoms with Gasteiger partial charge in [0.05, 0.1) is 6.42 Å². The summed E-state index contributed by atoms with van der Waals surface area (Å²) in [5, 5.41) is 3.23. The summed E-state index contributed by atoms with van der Waals surface area (Å²) in [5.74, 6) is 0. The molecule has 1 aromatic rings. The lowest BCUT2D eigenvalue weighted by molar-refractivity contribution is -0.132. The topological polar surface area (TPSA) is 28.2 Å². The lowest BCUT2D eigenvalue weighted by Gasteiger charge is -2.23. The van der Waals surface area contributed by atoms with Crippen LogP contribution in [0.4, 0.5) is 18.9 Å². The molecule has 0 fully saturated rings. The molecule has 1 heterocycles. The van der Waals surface area contributed by atoms with Crippen molar-refractivity contribution in [1.29, 1.82) is 0 Å². The highest BCUT2D eigenvalue weighted by Gasteiger charge is 2.27. The van der Waals surface area contributed by atoms with Crippen LogP contribution in [0.5, 0.6) is 0 Å². The van der Waals surface area contributed by atoms with Gasteiger partial charge in [-0.1, -0.05) is 6.92 Å². The second-order valence-corrected chi connectivity index (χ2v) is 4.47. The van der Waals surface area contributed by atoms with Gasteiger partial charge in [-0.25, -0.2) is 0 Å². The monoisotopic (exact) mass is 275 g/mol. The van der Waals surface area contributed by atoms with Gasteiger partial charge < -0.3 is 10.2 Å². The number of anilines is 1. The number of nitrogens with one attached hydrogen (secondary N) is 1. The first-order valence-electron chi connectivity index (χ1n) is 6.35. The zero-order valence-corrected chi connectivity index (χ0v) is 11.3. The first-order valence-corrected chi connectivity index (χ1v) is 6.35. The Morgan fingerprint density at radius 2 is 2.11 bits per heavy atom. The molecule has 19 heavy (non-hydrogen) atoms. The van der Waals surface area contributed by atoms with E-state index in [4.69, 9.17) is 0 Å². The van der Waals surface area contributed by atoms with Gasteiger partial charge in [-0.3, -0.25) is 4.98 Å². The van der Waals surface area contributed by atoms with Crippen molar-refractivity contribution in [3.8, 4) is 0 Å². The van der Waals surface area contributed by atoms with Crippen LogP contribution in [0.1, 0.15) is 25.3 Å². The van der Waals surface area contributed by atoms with E-state index in [1.165, 1.54) is 0 Å². The van der Waals surface area contributed by atoms with Crippen molar-refractivity contribution in [2.45, 2.75) is 32.5 Å². The van der Waals surface area contributed by atoms with Crippen LogP contribution in [-0.2, 0) is 6.54 Å². The first kappa shape index (κ1) is 15.8.